The van der Waals surface area contributed by atoms with Gasteiger partial charge in [-0.2, -0.15) is 0 Å². The van der Waals surface area contributed by atoms with Crippen LogP contribution in [0.5, 0.6) is 5.75 Å². The summed E-state index contributed by atoms with van der Waals surface area (Å²) in [6.07, 6.45) is 2.02. The molecule has 2 heterocycles. The molecule has 6 heteroatoms. The number of carbonyl (C=O) groups excluding carboxylic acids is 1. The Balaban J connectivity index is 1.97. The fourth-order valence-corrected chi connectivity index (χ4v) is 3.68. The minimum absolute atomic E-state index is 0.0116. The second-order valence-corrected chi connectivity index (χ2v) is 6.82. The van der Waals surface area contributed by atoms with Gasteiger partial charge >= 0.3 is 0 Å². The van der Waals surface area contributed by atoms with Gasteiger partial charge in [0.15, 0.2) is 0 Å². The Bertz CT molecular complexity index is 686. The number of nitrogens with zero attached hydrogens (tertiary/aromatic N) is 2. The van der Waals surface area contributed by atoms with E-state index in [1.165, 1.54) is 0 Å². The zero-order chi connectivity index (χ0) is 18.0. The summed E-state index contributed by atoms with van der Waals surface area (Å²) < 4.78 is 5.91. The highest BCUT2D eigenvalue weighted by Crippen LogP contribution is 2.39. The number of likely N-dealkylation sites (N-methyl/N-ethyl adjacent to an activating group) is 1. The van der Waals surface area contributed by atoms with Crippen LogP contribution >= 0.6 is 0 Å². The molecule has 0 radical (unpaired) electrons. The number of nitrogens with one attached hydrogen (secondary N) is 1. The number of ether oxygens (including phenoxy) is 1. The van der Waals surface area contributed by atoms with Crippen molar-refractivity contribution in [1.29, 1.82) is 0 Å². The molecule has 0 saturated carbocycles. The molecule has 6 nitrogen and oxygen atoms in total. The van der Waals surface area contributed by atoms with E-state index in [9.17, 15) is 4.79 Å². The number of rotatable bonds is 6. The summed E-state index contributed by atoms with van der Waals surface area (Å²) >= 11 is 0. The lowest BCUT2D eigenvalue weighted by atomic mass is 9.96. The Morgan fingerprint density at radius 1 is 1.32 bits per heavy atom. The van der Waals surface area contributed by atoms with Crippen LogP contribution in [-0.2, 0) is 4.79 Å². The summed E-state index contributed by atoms with van der Waals surface area (Å²) in [5.74, 6) is 0.785. The molecule has 0 aromatic heterocycles. The molecule has 1 atom stereocenters. The van der Waals surface area contributed by atoms with Crippen LogP contribution in [0.3, 0.4) is 0 Å². The van der Waals surface area contributed by atoms with Crippen molar-refractivity contribution in [2.45, 2.75) is 32.7 Å². The number of anilines is 1. The molecule has 25 heavy (non-hydrogen) atoms. The van der Waals surface area contributed by atoms with Crippen molar-refractivity contribution >= 4 is 11.6 Å². The van der Waals surface area contributed by atoms with E-state index in [0.717, 1.165) is 55.2 Å². The quantitative estimate of drug-likeness (QED) is 0.774. The largest absolute Gasteiger partial charge is 0.493 e. The molecule has 1 unspecified atom stereocenters. The minimum Gasteiger partial charge on any atom is -0.493 e. The molecular formula is C19H28N4O2. The number of carbonyl (C=O) groups is 1. The first-order valence-corrected chi connectivity index (χ1v) is 9.04. The summed E-state index contributed by atoms with van der Waals surface area (Å²) in [7, 11) is 1.98. The van der Waals surface area contributed by atoms with Crippen LogP contribution < -0.4 is 15.8 Å². The molecule has 0 spiro atoms. The molecule has 3 rings (SSSR count). The number of nitrogen functional groups attached to an aromatic ring is 1. The van der Waals surface area contributed by atoms with E-state index in [4.69, 9.17) is 10.5 Å². The molecule has 1 aromatic carbocycles. The first kappa shape index (κ1) is 17.6. The highest BCUT2D eigenvalue weighted by Gasteiger charge is 2.39. The van der Waals surface area contributed by atoms with Gasteiger partial charge in [-0.1, -0.05) is 13.8 Å². The lowest BCUT2D eigenvalue weighted by molar-refractivity contribution is -0.118. The summed E-state index contributed by atoms with van der Waals surface area (Å²) in [6.45, 7) is 7.48. The topological polar surface area (TPSA) is 70.8 Å². The second-order valence-electron chi connectivity index (χ2n) is 6.82. The van der Waals surface area contributed by atoms with Crippen molar-refractivity contribution in [3.05, 3.63) is 35.0 Å². The van der Waals surface area contributed by atoms with E-state index in [-0.39, 0.29) is 11.9 Å². The number of amides is 1. The molecule has 0 fully saturated rings. The number of hydrogen-bond acceptors (Lipinski definition) is 5. The number of benzene rings is 1. The first-order chi connectivity index (χ1) is 12.0. The van der Waals surface area contributed by atoms with Crippen LogP contribution in [0.2, 0.25) is 0 Å². The van der Waals surface area contributed by atoms with E-state index >= 15 is 0 Å². The molecule has 3 N–H and O–H groups in total. The van der Waals surface area contributed by atoms with Gasteiger partial charge in [-0.3, -0.25) is 9.69 Å². The van der Waals surface area contributed by atoms with Crippen LogP contribution in [0.1, 0.15) is 38.3 Å². The van der Waals surface area contributed by atoms with Gasteiger partial charge in [0.1, 0.15) is 11.4 Å². The molecule has 2 aliphatic heterocycles. The fraction of sp³-hybridized carbons (Fsp3) is 0.526. The molecule has 2 aliphatic rings. The van der Waals surface area contributed by atoms with Gasteiger partial charge in [-0.25, -0.2) is 0 Å². The normalized spacial score (nSPS) is 20.7. The van der Waals surface area contributed by atoms with E-state index in [1.807, 2.05) is 30.1 Å². The molecule has 0 saturated heterocycles. The van der Waals surface area contributed by atoms with Crippen LogP contribution in [0, 0.1) is 0 Å². The Kier molecular flexibility index (Phi) is 5.18. The lowest BCUT2D eigenvalue weighted by Crippen LogP contribution is -2.43. The smallest absolute Gasteiger partial charge is 0.268 e. The maximum Gasteiger partial charge on any atom is 0.268 e. The third-order valence-electron chi connectivity index (χ3n) is 4.68. The molecule has 0 aliphatic carbocycles. The zero-order valence-electron chi connectivity index (χ0n) is 15.3. The van der Waals surface area contributed by atoms with Crippen molar-refractivity contribution < 1.29 is 9.53 Å². The van der Waals surface area contributed by atoms with Gasteiger partial charge in [0.2, 0.25) is 0 Å². The van der Waals surface area contributed by atoms with Gasteiger partial charge < -0.3 is 20.7 Å². The zero-order valence-corrected chi connectivity index (χ0v) is 15.3. The van der Waals surface area contributed by atoms with Gasteiger partial charge in [0.25, 0.3) is 5.91 Å². The first-order valence-electron chi connectivity index (χ1n) is 9.04. The van der Waals surface area contributed by atoms with Crippen LogP contribution in [-0.4, -0.2) is 49.1 Å². The maximum absolute atomic E-state index is 12.6. The van der Waals surface area contributed by atoms with Crippen molar-refractivity contribution in [3.63, 3.8) is 0 Å². The lowest BCUT2D eigenvalue weighted by Gasteiger charge is -2.35. The van der Waals surface area contributed by atoms with Crippen molar-refractivity contribution in [1.82, 2.24) is 15.1 Å². The standard InChI is InChI=1S/C19H28N4O2/c1-4-8-23-11-15-17(21-19(24)18(15)22(3)12-23)14-10-13(20)6-7-16(14)25-9-5-2/h6-7,10,17H,4-5,8-9,11-12,20H2,1-3H3,(H,21,24). The Morgan fingerprint density at radius 2 is 2.12 bits per heavy atom. The van der Waals surface area contributed by atoms with Gasteiger partial charge in [0, 0.05) is 24.8 Å². The summed E-state index contributed by atoms with van der Waals surface area (Å²) in [5, 5.41) is 3.13. The van der Waals surface area contributed by atoms with Crippen molar-refractivity contribution in [3.8, 4) is 5.75 Å². The Morgan fingerprint density at radius 3 is 2.84 bits per heavy atom. The summed E-state index contributed by atoms with van der Waals surface area (Å²) in [6, 6.07) is 5.49. The molecular weight excluding hydrogens is 316 g/mol. The number of hydrogen-bond donors (Lipinski definition) is 2. The third kappa shape index (κ3) is 3.44. The van der Waals surface area contributed by atoms with Crippen LogP contribution in [0.15, 0.2) is 29.5 Å². The molecule has 1 aromatic rings. The van der Waals surface area contributed by atoms with Crippen molar-refractivity contribution in [2.24, 2.45) is 0 Å². The van der Waals surface area contributed by atoms with E-state index in [2.05, 4.69) is 24.1 Å². The summed E-state index contributed by atoms with van der Waals surface area (Å²) in [5.41, 5.74) is 9.55. The predicted molar refractivity (Wildman–Crippen MR) is 99.0 cm³/mol. The molecule has 0 bridgehead atoms. The van der Waals surface area contributed by atoms with Crippen LogP contribution in [0.4, 0.5) is 5.69 Å². The summed E-state index contributed by atoms with van der Waals surface area (Å²) in [4.78, 5) is 17.0. The van der Waals surface area contributed by atoms with Gasteiger partial charge in [-0.15, -0.1) is 0 Å². The Labute approximate surface area is 149 Å². The van der Waals surface area contributed by atoms with Gasteiger partial charge in [-0.05, 0) is 43.2 Å². The third-order valence-corrected chi connectivity index (χ3v) is 4.68. The van der Waals surface area contributed by atoms with E-state index < -0.39 is 0 Å². The monoisotopic (exact) mass is 344 g/mol. The SMILES string of the molecule is CCCOc1ccc(N)cc1C1NC(=O)C2=C1CN(CCC)CN2C. The number of nitrogens with two attached hydrogens (primary N) is 1. The highest BCUT2D eigenvalue weighted by molar-refractivity contribution is 5.97. The van der Waals surface area contributed by atoms with Crippen molar-refractivity contribution in [2.75, 3.05) is 39.1 Å². The molecule has 136 valence electrons. The minimum atomic E-state index is -0.181. The second kappa shape index (κ2) is 7.35. The van der Waals surface area contributed by atoms with E-state index in [1.54, 1.807) is 0 Å². The highest BCUT2D eigenvalue weighted by atomic mass is 16.5. The molecule has 1 amide bonds. The fourth-order valence-electron chi connectivity index (χ4n) is 3.68. The van der Waals surface area contributed by atoms with E-state index in [0.29, 0.717) is 12.3 Å². The maximum atomic E-state index is 12.6. The van der Waals surface area contributed by atoms with Gasteiger partial charge in [0.05, 0.1) is 19.3 Å². The Hall–Kier alpha value is -2.21. The van der Waals surface area contributed by atoms with Crippen LogP contribution in [0.25, 0.3) is 0 Å². The average molecular weight is 344 g/mol. The predicted octanol–water partition coefficient (Wildman–Crippen LogP) is 2.10. The average Bonchev–Trinajstić information content (AvgIpc) is 2.91.